The number of imidazole rings is 1. The molecule has 0 saturated carbocycles. The van der Waals surface area contributed by atoms with E-state index in [-0.39, 0.29) is 18.2 Å². The number of carboxylic acid groups (broad SMARTS) is 1. The first kappa shape index (κ1) is 33.6. The summed E-state index contributed by atoms with van der Waals surface area (Å²) in [7, 11) is 0. The molecule has 4 N–H and O–H groups in total. The molecule has 1 rings (SSSR count). The van der Waals surface area contributed by atoms with E-state index in [4.69, 9.17) is 0 Å². The number of hydrogen-bond acceptors (Lipinski definition) is 4. The Balaban J connectivity index is 2.20. The van der Waals surface area contributed by atoms with Crippen molar-refractivity contribution in [1.29, 1.82) is 0 Å². The molecule has 0 aliphatic heterocycles. The van der Waals surface area contributed by atoms with Gasteiger partial charge in [0.05, 0.1) is 6.33 Å². The number of aromatic amines is 1. The first-order valence-corrected chi connectivity index (χ1v) is 15.1. The molecule has 1 heterocycles. The summed E-state index contributed by atoms with van der Waals surface area (Å²) in [5.74, 6) is -1.57. The molecule has 0 unspecified atom stereocenters. The van der Waals surface area contributed by atoms with Gasteiger partial charge in [0.2, 0.25) is 11.8 Å². The van der Waals surface area contributed by atoms with Crippen LogP contribution in [-0.4, -0.2) is 44.9 Å². The highest BCUT2D eigenvalue weighted by Crippen LogP contribution is 2.14. The predicted molar refractivity (Wildman–Crippen MR) is 153 cm³/mol. The average molecular weight is 535 g/mol. The van der Waals surface area contributed by atoms with E-state index >= 15 is 0 Å². The third-order valence-corrected chi connectivity index (χ3v) is 6.96. The summed E-state index contributed by atoms with van der Waals surface area (Å²) < 4.78 is 0. The molecule has 2 atom stereocenters. The van der Waals surface area contributed by atoms with Crippen molar-refractivity contribution in [1.82, 2.24) is 20.6 Å². The van der Waals surface area contributed by atoms with Gasteiger partial charge in [-0.1, -0.05) is 111 Å². The minimum Gasteiger partial charge on any atom is -0.480 e. The van der Waals surface area contributed by atoms with Crippen LogP contribution in [0.15, 0.2) is 12.5 Å². The number of carbonyl (C=O) groups is 3. The highest BCUT2D eigenvalue weighted by Gasteiger charge is 2.27. The standard InChI is InChI=1S/C30H54N4O4/c1-4-5-6-7-8-9-10-11-12-13-14-15-16-17-18-19-28(35)33-26(20-24(2)3)29(36)34-27(30(37)38)21-25-22-31-23-32-25/h22-24,26-27H,4-21H2,1-3H3,(H,31,32)(H,33,35)(H,34,36)(H,37,38)/t26-,27-/m0/s1. The molecule has 2 amide bonds. The van der Waals surface area contributed by atoms with Crippen LogP contribution >= 0.6 is 0 Å². The van der Waals surface area contributed by atoms with Crippen molar-refractivity contribution in [3.63, 3.8) is 0 Å². The maximum Gasteiger partial charge on any atom is 0.326 e. The fourth-order valence-electron chi connectivity index (χ4n) is 4.71. The van der Waals surface area contributed by atoms with Gasteiger partial charge in [-0.15, -0.1) is 0 Å². The van der Waals surface area contributed by atoms with E-state index in [2.05, 4.69) is 27.5 Å². The highest BCUT2D eigenvalue weighted by atomic mass is 16.4. The molecule has 1 aromatic heterocycles. The zero-order chi connectivity index (χ0) is 28.0. The Hall–Kier alpha value is -2.38. The van der Waals surface area contributed by atoms with E-state index in [1.54, 1.807) is 0 Å². The second-order valence-electron chi connectivity index (χ2n) is 11.1. The first-order chi connectivity index (χ1) is 18.3. The van der Waals surface area contributed by atoms with Gasteiger partial charge in [-0.05, 0) is 18.8 Å². The Labute approximate surface area is 230 Å². The molecule has 0 fully saturated rings. The first-order valence-electron chi connectivity index (χ1n) is 15.1. The van der Waals surface area contributed by atoms with E-state index in [1.807, 2.05) is 13.8 Å². The van der Waals surface area contributed by atoms with E-state index in [1.165, 1.54) is 89.6 Å². The van der Waals surface area contributed by atoms with Gasteiger partial charge in [0.15, 0.2) is 0 Å². The fraction of sp³-hybridized carbons (Fsp3) is 0.800. The van der Waals surface area contributed by atoms with E-state index in [0.29, 0.717) is 18.5 Å². The molecule has 218 valence electrons. The second-order valence-corrected chi connectivity index (χ2v) is 11.1. The number of carbonyl (C=O) groups excluding carboxylic acids is 2. The lowest BCUT2D eigenvalue weighted by atomic mass is 10.0. The molecule has 1 aromatic rings. The van der Waals surface area contributed by atoms with Crippen LogP contribution in [0, 0.1) is 5.92 Å². The summed E-state index contributed by atoms with van der Waals surface area (Å²) in [6.07, 6.45) is 23.0. The summed E-state index contributed by atoms with van der Waals surface area (Å²) >= 11 is 0. The lowest BCUT2D eigenvalue weighted by Crippen LogP contribution is -2.52. The van der Waals surface area contributed by atoms with Gasteiger partial charge in [-0.3, -0.25) is 9.59 Å². The lowest BCUT2D eigenvalue weighted by molar-refractivity contribution is -0.142. The summed E-state index contributed by atoms with van der Waals surface area (Å²) in [5, 5.41) is 15.0. The number of amides is 2. The smallest absolute Gasteiger partial charge is 0.326 e. The van der Waals surface area contributed by atoms with Crippen molar-refractivity contribution in [2.24, 2.45) is 5.92 Å². The van der Waals surface area contributed by atoms with Gasteiger partial charge in [0.25, 0.3) is 0 Å². The minimum atomic E-state index is -1.12. The maximum absolute atomic E-state index is 12.9. The number of hydrogen-bond donors (Lipinski definition) is 4. The van der Waals surface area contributed by atoms with Gasteiger partial charge in [0.1, 0.15) is 12.1 Å². The monoisotopic (exact) mass is 534 g/mol. The van der Waals surface area contributed by atoms with Crippen molar-refractivity contribution < 1.29 is 19.5 Å². The molecule has 0 bridgehead atoms. The van der Waals surface area contributed by atoms with Gasteiger partial charge >= 0.3 is 5.97 Å². The van der Waals surface area contributed by atoms with Crippen LogP contribution in [0.5, 0.6) is 0 Å². The van der Waals surface area contributed by atoms with Crippen LogP contribution < -0.4 is 10.6 Å². The van der Waals surface area contributed by atoms with E-state index in [0.717, 1.165) is 19.3 Å². The molecule has 0 saturated heterocycles. The minimum absolute atomic E-state index is 0.0997. The second kappa shape index (κ2) is 21.5. The normalized spacial score (nSPS) is 12.8. The van der Waals surface area contributed by atoms with E-state index in [9.17, 15) is 19.5 Å². The summed E-state index contributed by atoms with van der Waals surface area (Å²) in [5.41, 5.74) is 0.621. The third kappa shape index (κ3) is 17.2. The Morgan fingerprint density at radius 2 is 1.34 bits per heavy atom. The third-order valence-electron chi connectivity index (χ3n) is 6.96. The molecular formula is C30H54N4O4. The van der Waals surface area contributed by atoms with Gasteiger partial charge in [-0.25, -0.2) is 9.78 Å². The average Bonchev–Trinajstić information content (AvgIpc) is 3.38. The van der Waals surface area contributed by atoms with Gasteiger partial charge in [-0.2, -0.15) is 0 Å². The van der Waals surface area contributed by atoms with Crippen molar-refractivity contribution in [3.8, 4) is 0 Å². The van der Waals surface area contributed by atoms with Gasteiger partial charge in [0, 0.05) is 24.7 Å². The Morgan fingerprint density at radius 3 is 1.79 bits per heavy atom. The molecule has 8 nitrogen and oxygen atoms in total. The van der Waals surface area contributed by atoms with Crippen molar-refractivity contribution in [2.45, 2.75) is 148 Å². The van der Waals surface area contributed by atoms with Crippen LogP contribution in [0.25, 0.3) is 0 Å². The van der Waals surface area contributed by atoms with Crippen molar-refractivity contribution >= 4 is 17.8 Å². The molecule has 38 heavy (non-hydrogen) atoms. The van der Waals surface area contributed by atoms with Crippen LogP contribution in [0.1, 0.15) is 136 Å². The summed E-state index contributed by atoms with van der Waals surface area (Å²) in [6.45, 7) is 6.21. The Bertz CT molecular complexity index is 751. The number of nitrogens with one attached hydrogen (secondary N) is 3. The predicted octanol–water partition coefficient (Wildman–Crippen LogP) is 6.31. The van der Waals surface area contributed by atoms with Crippen LogP contribution in [0.4, 0.5) is 0 Å². The van der Waals surface area contributed by atoms with Crippen molar-refractivity contribution in [3.05, 3.63) is 18.2 Å². The number of nitrogens with zero attached hydrogens (tertiary/aromatic N) is 1. The lowest BCUT2D eigenvalue weighted by Gasteiger charge is -2.22. The zero-order valence-corrected chi connectivity index (χ0v) is 24.2. The number of H-pyrrole nitrogens is 1. The van der Waals surface area contributed by atoms with Gasteiger partial charge < -0.3 is 20.7 Å². The summed E-state index contributed by atoms with van der Waals surface area (Å²) in [4.78, 5) is 43.8. The molecule has 0 aliphatic carbocycles. The van der Waals surface area contributed by atoms with E-state index < -0.39 is 24.0 Å². The SMILES string of the molecule is CCCCCCCCCCCCCCCCCC(=O)N[C@@H](CC(C)C)C(=O)N[C@@H](Cc1cnc[nH]1)C(=O)O. The molecular weight excluding hydrogens is 480 g/mol. The highest BCUT2D eigenvalue weighted by molar-refractivity contribution is 5.90. The molecule has 0 aliphatic rings. The quantitative estimate of drug-likeness (QED) is 0.116. The molecule has 8 heteroatoms. The topological polar surface area (TPSA) is 124 Å². The molecule has 0 spiro atoms. The number of rotatable bonds is 24. The number of carboxylic acids is 1. The largest absolute Gasteiger partial charge is 0.480 e. The fourth-order valence-corrected chi connectivity index (χ4v) is 4.71. The Morgan fingerprint density at radius 1 is 0.816 bits per heavy atom. The van der Waals surface area contributed by atoms with Crippen LogP contribution in [0.3, 0.4) is 0 Å². The maximum atomic E-state index is 12.9. The summed E-state index contributed by atoms with van der Waals surface area (Å²) in [6, 6.07) is -1.84. The van der Waals surface area contributed by atoms with Crippen LogP contribution in [-0.2, 0) is 20.8 Å². The molecule has 0 aromatic carbocycles. The number of aromatic nitrogens is 2. The van der Waals surface area contributed by atoms with Crippen LogP contribution in [0.2, 0.25) is 0 Å². The molecule has 0 radical (unpaired) electrons. The Kier molecular flexibility index (Phi) is 19.1. The number of unbranched alkanes of at least 4 members (excludes halogenated alkanes) is 14. The van der Waals surface area contributed by atoms with Crippen molar-refractivity contribution in [2.75, 3.05) is 0 Å². The number of aliphatic carboxylic acids is 1. The zero-order valence-electron chi connectivity index (χ0n) is 24.2.